The van der Waals surface area contributed by atoms with Crippen LogP contribution in [0.4, 0.5) is 8.78 Å². The van der Waals surface area contributed by atoms with E-state index in [4.69, 9.17) is 0 Å². The van der Waals surface area contributed by atoms with Crippen LogP contribution in [0.3, 0.4) is 0 Å². The Morgan fingerprint density at radius 3 is 2.46 bits per heavy atom. The third-order valence-corrected chi connectivity index (χ3v) is 4.55. The molecule has 0 aromatic heterocycles. The minimum Gasteiger partial charge on any atom is -0.354 e. The smallest absolute Gasteiger partial charge is 0.257 e. The lowest BCUT2D eigenvalue weighted by Gasteiger charge is -2.30. The number of amides is 2. The van der Waals surface area contributed by atoms with Crippen molar-refractivity contribution in [1.82, 2.24) is 10.2 Å². The van der Waals surface area contributed by atoms with E-state index in [2.05, 4.69) is 5.32 Å². The molecule has 6 heteroatoms. The number of carbonyl (C=O) groups excluding carboxylic acids is 2. The third kappa shape index (κ3) is 3.90. The van der Waals surface area contributed by atoms with Crippen molar-refractivity contribution in [3.05, 3.63) is 71.3 Å². The molecule has 0 saturated carbocycles. The number of benzene rings is 2. The topological polar surface area (TPSA) is 49.4 Å². The molecule has 1 N–H and O–H groups in total. The van der Waals surface area contributed by atoms with Crippen molar-refractivity contribution < 1.29 is 18.4 Å². The normalized spacial score (nSPS) is 17.3. The minimum absolute atomic E-state index is 0.0993. The van der Waals surface area contributed by atoms with Crippen LogP contribution >= 0.6 is 0 Å². The maximum atomic E-state index is 14.1. The molecule has 0 radical (unpaired) electrons. The largest absolute Gasteiger partial charge is 0.354 e. The summed E-state index contributed by atoms with van der Waals surface area (Å²) in [7, 11) is 0. The number of hydrogen-bond donors (Lipinski definition) is 1. The quantitative estimate of drug-likeness (QED) is 0.912. The van der Waals surface area contributed by atoms with Gasteiger partial charge in [-0.1, -0.05) is 30.3 Å². The average molecular weight is 358 g/mol. The van der Waals surface area contributed by atoms with E-state index in [1.54, 1.807) is 24.3 Å². The Bertz CT molecular complexity index is 810. The molecule has 0 aliphatic carbocycles. The lowest BCUT2D eigenvalue weighted by atomic mass is 10.0. The molecule has 0 spiro atoms. The van der Waals surface area contributed by atoms with Gasteiger partial charge in [0.05, 0.1) is 5.56 Å². The molecular weight excluding hydrogens is 338 g/mol. The van der Waals surface area contributed by atoms with Crippen LogP contribution in [0.25, 0.3) is 0 Å². The summed E-state index contributed by atoms with van der Waals surface area (Å²) in [5.41, 5.74) is 0.162. The summed E-state index contributed by atoms with van der Waals surface area (Å²) in [6, 6.07) is 10.9. The molecule has 1 saturated heterocycles. The fraction of sp³-hybridized carbons (Fsp3) is 0.300. The first-order valence-electron chi connectivity index (χ1n) is 8.64. The zero-order valence-electron chi connectivity index (χ0n) is 14.3. The number of carbonyl (C=O) groups is 2. The van der Waals surface area contributed by atoms with Gasteiger partial charge in [0, 0.05) is 18.7 Å². The number of rotatable bonds is 4. The number of halogens is 2. The fourth-order valence-corrected chi connectivity index (χ4v) is 3.14. The van der Waals surface area contributed by atoms with E-state index in [1.165, 1.54) is 29.2 Å². The van der Waals surface area contributed by atoms with Crippen LogP contribution in [-0.2, 0) is 11.3 Å². The Kier molecular flexibility index (Phi) is 5.61. The molecule has 1 atom stereocenters. The second-order valence-electron chi connectivity index (χ2n) is 6.31. The van der Waals surface area contributed by atoms with Crippen LogP contribution in [-0.4, -0.2) is 29.3 Å². The van der Waals surface area contributed by atoms with Gasteiger partial charge < -0.3 is 10.2 Å². The van der Waals surface area contributed by atoms with Gasteiger partial charge in [-0.25, -0.2) is 8.78 Å². The summed E-state index contributed by atoms with van der Waals surface area (Å²) >= 11 is 0. The number of nitrogens with zero attached hydrogens (tertiary/aromatic N) is 1. The first-order valence-corrected chi connectivity index (χ1v) is 8.64. The second kappa shape index (κ2) is 8.08. The highest BCUT2D eigenvalue weighted by Crippen LogP contribution is 2.21. The standard InChI is InChI=1S/C20H20F2N2O2/c21-16-9-3-1-7-14(16)13-24(18-11-5-6-12-23-19(18)25)20(26)15-8-2-4-10-17(15)22/h1-4,7-10,18H,5-6,11-13H2,(H,23,25). The molecule has 4 nitrogen and oxygen atoms in total. The van der Waals surface area contributed by atoms with E-state index < -0.39 is 23.6 Å². The maximum Gasteiger partial charge on any atom is 0.257 e. The monoisotopic (exact) mass is 358 g/mol. The van der Waals surface area contributed by atoms with Crippen LogP contribution in [0.5, 0.6) is 0 Å². The molecular formula is C20H20F2N2O2. The first-order chi connectivity index (χ1) is 12.6. The van der Waals surface area contributed by atoms with E-state index in [-0.39, 0.29) is 23.6 Å². The molecule has 26 heavy (non-hydrogen) atoms. The lowest BCUT2D eigenvalue weighted by Crippen LogP contribution is -2.48. The van der Waals surface area contributed by atoms with Gasteiger partial charge in [0.1, 0.15) is 17.7 Å². The van der Waals surface area contributed by atoms with E-state index in [0.29, 0.717) is 13.0 Å². The molecule has 1 aliphatic rings. The predicted molar refractivity (Wildman–Crippen MR) is 93.3 cm³/mol. The third-order valence-electron chi connectivity index (χ3n) is 4.55. The Labute approximate surface area is 150 Å². The summed E-state index contributed by atoms with van der Waals surface area (Å²) in [5.74, 6) is -2.03. The summed E-state index contributed by atoms with van der Waals surface area (Å²) in [6.07, 6.45) is 2.02. The van der Waals surface area contributed by atoms with Crippen LogP contribution in [0.2, 0.25) is 0 Å². The average Bonchev–Trinajstić information content (AvgIpc) is 2.85. The first kappa shape index (κ1) is 18.0. The Hall–Kier alpha value is -2.76. The minimum atomic E-state index is -0.760. The molecule has 136 valence electrons. The van der Waals surface area contributed by atoms with E-state index >= 15 is 0 Å². The van der Waals surface area contributed by atoms with Gasteiger partial charge >= 0.3 is 0 Å². The molecule has 3 rings (SSSR count). The fourth-order valence-electron chi connectivity index (χ4n) is 3.14. The van der Waals surface area contributed by atoms with Gasteiger partial charge in [0.2, 0.25) is 5.91 Å². The zero-order valence-corrected chi connectivity index (χ0v) is 14.3. The summed E-state index contributed by atoms with van der Waals surface area (Å²) in [4.78, 5) is 26.8. The molecule has 1 fully saturated rings. The van der Waals surface area contributed by atoms with Crippen LogP contribution in [0.1, 0.15) is 35.2 Å². The molecule has 1 unspecified atom stereocenters. The molecule has 1 aliphatic heterocycles. The van der Waals surface area contributed by atoms with E-state index in [1.807, 2.05) is 0 Å². The highest BCUT2D eigenvalue weighted by Gasteiger charge is 2.32. The van der Waals surface area contributed by atoms with Crippen molar-refractivity contribution in [3.63, 3.8) is 0 Å². The van der Waals surface area contributed by atoms with Gasteiger partial charge in [-0.3, -0.25) is 9.59 Å². The highest BCUT2D eigenvalue weighted by molar-refractivity contribution is 5.97. The molecule has 2 aromatic carbocycles. The van der Waals surface area contributed by atoms with Crippen molar-refractivity contribution in [2.75, 3.05) is 6.54 Å². The van der Waals surface area contributed by atoms with Crippen molar-refractivity contribution in [2.24, 2.45) is 0 Å². The summed E-state index contributed by atoms with van der Waals surface area (Å²) < 4.78 is 28.3. The number of nitrogens with one attached hydrogen (secondary N) is 1. The summed E-state index contributed by atoms with van der Waals surface area (Å²) in [6.45, 7) is 0.439. The van der Waals surface area contributed by atoms with Crippen molar-refractivity contribution in [2.45, 2.75) is 31.8 Å². The van der Waals surface area contributed by atoms with Crippen molar-refractivity contribution in [3.8, 4) is 0 Å². The zero-order chi connectivity index (χ0) is 18.5. The van der Waals surface area contributed by atoms with E-state index in [0.717, 1.165) is 12.8 Å². The van der Waals surface area contributed by atoms with Crippen molar-refractivity contribution >= 4 is 11.8 Å². The molecule has 2 amide bonds. The molecule has 0 bridgehead atoms. The lowest BCUT2D eigenvalue weighted by molar-refractivity contribution is -0.125. The maximum absolute atomic E-state index is 14.1. The van der Waals surface area contributed by atoms with Gasteiger partial charge in [-0.15, -0.1) is 0 Å². The number of hydrogen-bond acceptors (Lipinski definition) is 2. The summed E-state index contributed by atoms with van der Waals surface area (Å²) in [5, 5.41) is 2.78. The van der Waals surface area contributed by atoms with Crippen LogP contribution in [0.15, 0.2) is 48.5 Å². The Morgan fingerprint density at radius 1 is 1.04 bits per heavy atom. The van der Waals surface area contributed by atoms with Gasteiger partial charge in [0.15, 0.2) is 0 Å². The molecule has 2 aromatic rings. The van der Waals surface area contributed by atoms with Crippen LogP contribution < -0.4 is 5.32 Å². The van der Waals surface area contributed by atoms with Crippen LogP contribution in [0, 0.1) is 11.6 Å². The Balaban J connectivity index is 1.98. The van der Waals surface area contributed by atoms with Crippen molar-refractivity contribution in [1.29, 1.82) is 0 Å². The van der Waals surface area contributed by atoms with Gasteiger partial charge in [-0.05, 0) is 37.5 Å². The second-order valence-corrected chi connectivity index (χ2v) is 6.31. The SMILES string of the molecule is O=C1NCCCCC1N(Cc1ccccc1F)C(=O)c1ccccc1F. The highest BCUT2D eigenvalue weighted by atomic mass is 19.1. The van der Waals surface area contributed by atoms with Gasteiger partial charge in [0.25, 0.3) is 5.91 Å². The molecule has 1 heterocycles. The Morgan fingerprint density at radius 2 is 1.73 bits per heavy atom. The van der Waals surface area contributed by atoms with Gasteiger partial charge in [-0.2, -0.15) is 0 Å². The van der Waals surface area contributed by atoms with E-state index in [9.17, 15) is 18.4 Å². The predicted octanol–water partition coefficient (Wildman–Crippen LogP) is 3.28.